The third-order valence-corrected chi connectivity index (χ3v) is 2.35. The largest absolute Gasteiger partial charge is 0.637 e. The molecule has 0 saturated heterocycles. The van der Waals surface area contributed by atoms with Crippen LogP contribution in [0.15, 0.2) is 30.3 Å². The Balaban J connectivity index is 2.31. The Kier molecular flexibility index (Phi) is 6.15. The van der Waals surface area contributed by atoms with E-state index >= 15 is 0 Å². The summed E-state index contributed by atoms with van der Waals surface area (Å²) in [5.74, 6) is 0. The summed E-state index contributed by atoms with van der Waals surface area (Å²) in [7, 11) is -1.14. The molecule has 1 N–H and O–H groups in total. The van der Waals surface area contributed by atoms with Gasteiger partial charge in [-0.25, -0.2) is 0 Å². The lowest BCUT2D eigenvalue weighted by Crippen LogP contribution is -2.24. The van der Waals surface area contributed by atoms with Gasteiger partial charge in [-0.3, -0.25) is 0 Å². The van der Waals surface area contributed by atoms with E-state index in [1.165, 1.54) is 0 Å². The van der Waals surface area contributed by atoms with Crippen LogP contribution in [0, 0.1) is 0 Å². The van der Waals surface area contributed by atoms with Gasteiger partial charge in [0.2, 0.25) is 0 Å². The Morgan fingerprint density at radius 1 is 1.31 bits per heavy atom. The van der Waals surface area contributed by atoms with E-state index in [4.69, 9.17) is 9.31 Å². The maximum absolute atomic E-state index is 9.46. The van der Waals surface area contributed by atoms with E-state index in [1.807, 2.05) is 37.3 Å². The van der Waals surface area contributed by atoms with Crippen LogP contribution in [0.5, 0.6) is 0 Å². The van der Waals surface area contributed by atoms with Crippen LogP contribution in [0.1, 0.15) is 38.4 Å². The van der Waals surface area contributed by atoms with Crippen LogP contribution in [0.2, 0.25) is 0 Å². The molecule has 0 bridgehead atoms. The average molecular weight is 222 g/mol. The quantitative estimate of drug-likeness (QED) is 0.569. The predicted molar refractivity (Wildman–Crippen MR) is 64.8 cm³/mol. The van der Waals surface area contributed by atoms with Crippen LogP contribution in [0.25, 0.3) is 0 Å². The molecule has 1 aromatic carbocycles. The Morgan fingerprint density at radius 3 is 2.62 bits per heavy atom. The molecular weight excluding hydrogens is 203 g/mol. The highest BCUT2D eigenvalue weighted by Gasteiger charge is 2.19. The number of rotatable bonds is 7. The summed E-state index contributed by atoms with van der Waals surface area (Å²) < 4.78 is 10.4. The summed E-state index contributed by atoms with van der Waals surface area (Å²) >= 11 is 0. The van der Waals surface area contributed by atoms with Gasteiger partial charge in [-0.1, -0.05) is 43.7 Å². The first kappa shape index (κ1) is 13.2. The average Bonchev–Trinajstić information content (AvgIpc) is 2.30. The zero-order chi connectivity index (χ0) is 11.8. The third-order valence-electron chi connectivity index (χ3n) is 2.35. The van der Waals surface area contributed by atoms with Crippen LogP contribution in [-0.4, -0.2) is 19.0 Å². The van der Waals surface area contributed by atoms with E-state index in [9.17, 15) is 5.02 Å². The van der Waals surface area contributed by atoms with Crippen LogP contribution in [0.4, 0.5) is 0 Å². The number of hydrogen-bond donors (Lipinski definition) is 1. The normalized spacial score (nSPS) is 12.4. The van der Waals surface area contributed by atoms with Gasteiger partial charge in [-0.05, 0) is 18.9 Å². The molecular formula is C12H19BO3. The molecule has 1 aromatic rings. The zero-order valence-corrected chi connectivity index (χ0v) is 9.93. The first-order chi connectivity index (χ1) is 7.74. The van der Waals surface area contributed by atoms with Gasteiger partial charge in [-0.15, -0.1) is 0 Å². The molecule has 88 valence electrons. The van der Waals surface area contributed by atoms with Crippen molar-refractivity contribution in [1.29, 1.82) is 0 Å². The maximum atomic E-state index is 9.46. The van der Waals surface area contributed by atoms with E-state index in [-0.39, 0.29) is 6.10 Å². The topological polar surface area (TPSA) is 38.7 Å². The van der Waals surface area contributed by atoms with Crippen LogP contribution in [-0.2, 0) is 9.31 Å². The highest BCUT2D eigenvalue weighted by Crippen LogP contribution is 2.16. The molecule has 0 aliphatic heterocycles. The van der Waals surface area contributed by atoms with Gasteiger partial charge in [0.15, 0.2) is 0 Å². The van der Waals surface area contributed by atoms with Crippen molar-refractivity contribution in [2.24, 2.45) is 0 Å². The van der Waals surface area contributed by atoms with E-state index in [0.717, 1.165) is 18.4 Å². The molecule has 1 unspecified atom stereocenters. The second kappa shape index (κ2) is 7.44. The molecule has 0 heterocycles. The molecule has 3 nitrogen and oxygen atoms in total. The molecule has 1 rings (SSSR count). The summed E-state index contributed by atoms with van der Waals surface area (Å²) in [6.45, 7) is 4.49. The fraction of sp³-hybridized carbons (Fsp3) is 0.500. The third kappa shape index (κ3) is 4.79. The predicted octanol–water partition coefficient (Wildman–Crippen LogP) is 2.56. The fourth-order valence-corrected chi connectivity index (χ4v) is 1.35. The van der Waals surface area contributed by atoms with Crippen molar-refractivity contribution in [2.45, 2.75) is 32.8 Å². The molecule has 16 heavy (non-hydrogen) atoms. The summed E-state index contributed by atoms with van der Waals surface area (Å²) in [6, 6.07) is 9.76. The van der Waals surface area contributed by atoms with Gasteiger partial charge in [0.1, 0.15) is 0 Å². The zero-order valence-electron chi connectivity index (χ0n) is 9.93. The maximum Gasteiger partial charge on any atom is 0.637 e. The molecule has 4 heteroatoms. The minimum atomic E-state index is -1.14. The second-order valence-corrected chi connectivity index (χ2v) is 3.72. The standard InChI is InChI=1S/C12H19BO3/c1-3-4-10-15-13(14)16-11(2)12-8-6-5-7-9-12/h5-9,11,14H,3-4,10H2,1-2H3. The lowest BCUT2D eigenvalue weighted by Gasteiger charge is -2.15. The van der Waals surface area contributed by atoms with Crippen molar-refractivity contribution in [2.75, 3.05) is 6.61 Å². The molecule has 0 amide bonds. The molecule has 0 radical (unpaired) electrons. The highest BCUT2D eigenvalue weighted by atomic mass is 16.7. The monoisotopic (exact) mass is 222 g/mol. The van der Waals surface area contributed by atoms with Crippen molar-refractivity contribution in [3.63, 3.8) is 0 Å². The summed E-state index contributed by atoms with van der Waals surface area (Å²) in [5.41, 5.74) is 1.03. The number of benzene rings is 1. The van der Waals surface area contributed by atoms with Crippen LogP contribution >= 0.6 is 0 Å². The van der Waals surface area contributed by atoms with E-state index < -0.39 is 7.32 Å². The molecule has 0 aliphatic rings. The Morgan fingerprint density at radius 2 is 2.00 bits per heavy atom. The molecule has 0 fully saturated rings. The smallest absolute Gasteiger partial charge is 0.402 e. The number of unbranched alkanes of at least 4 members (excludes halogenated alkanes) is 1. The summed E-state index contributed by atoms with van der Waals surface area (Å²) in [5, 5.41) is 9.46. The Bertz CT molecular complexity index is 279. The molecule has 0 aromatic heterocycles. The van der Waals surface area contributed by atoms with Gasteiger partial charge >= 0.3 is 7.32 Å². The number of hydrogen-bond acceptors (Lipinski definition) is 3. The fourth-order valence-electron chi connectivity index (χ4n) is 1.35. The van der Waals surface area contributed by atoms with Gasteiger partial charge in [0.25, 0.3) is 0 Å². The van der Waals surface area contributed by atoms with Gasteiger partial charge < -0.3 is 14.3 Å². The molecule has 1 atom stereocenters. The minimum absolute atomic E-state index is 0.169. The van der Waals surface area contributed by atoms with Gasteiger partial charge in [-0.2, -0.15) is 0 Å². The molecule has 0 saturated carbocycles. The van der Waals surface area contributed by atoms with Crippen molar-refractivity contribution < 1.29 is 14.3 Å². The van der Waals surface area contributed by atoms with Crippen molar-refractivity contribution >= 4 is 7.32 Å². The van der Waals surface area contributed by atoms with Crippen molar-refractivity contribution in [3.8, 4) is 0 Å². The summed E-state index contributed by atoms with van der Waals surface area (Å²) in [6.07, 6.45) is 1.80. The Labute approximate surface area is 97.6 Å². The highest BCUT2D eigenvalue weighted by molar-refractivity contribution is 6.34. The SMILES string of the molecule is CCCCOB(O)OC(C)c1ccccc1. The van der Waals surface area contributed by atoms with Crippen LogP contribution < -0.4 is 0 Å². The van der Waals surface area contributed by atoms with Crippen molar-refractivity contribution in [1.82, 2.24) is 0 Å². The van der Waals surface area contributed by atoms with E-state index in [2.05, 4.69) is 6.92 Å². The van der Waals surface area contributed by atoms with E-state index in [1.54, 1.807) is 0 Å². The first-order valence-electron chi connectivity index (χ1n) is 5.74. The van der Waals surface area contributed by atoms with Crippen molar-refractivity contribution in [3.05, 3.63) is 35.9 Å². The van der Waals surface area contributed by atoms with Gasteiger partial charge in [0.05, 0.1) is 6.10 Å². The molecule has 0 spiro atoms. The molecule has 0 aliphatic carbocycles. The second-order valence-electron chi connectivity index (χ2n) is 3.72. The lowest BCUT2D eigenvalue weighted by molar-refractivity contribution is 0.0934. The van der Waals surface area contributed by atoms with Crippen LogP contribution in [0.3, 0.4) is 0 Å². The Hall–Kier alpha value is -0.835. The van der Waals surface area contributed by atoms with E-state index in [0.29, 0.717) is 6.61 Å². The minimum Gasteiger partial charge on any atom is -0.402 e. The lowest BCUT2D eigenvalue weighted by atomic mass is 10.1. The summed E-state index contributed by atoms with van der Waals surface area (Å²) in [4.78, 5) is 0. The van der Waals surface area contributed by atoms with Gasteiger partial charge in [0, 0.05) is 6.61 Å². The first-order valence-corrected chi connectivity index (χ1v) is 5.74.